The van der Waals surface area contributed by atoms with Crippen molar-refractivity contribution in [1.29, 1.82) is 0 Å². The summed E-state index contributed by atoms with van der Waals surface area (Å²) in [6.07, 6.45) is 0. The minimum Gasteiger partial charge on any atom is -0.363 e. The summed E-state index contributed by atoms with van der Waals surface area (Å²) in [5.74, 6) is 0. The summed E-state index contributed by atoms with van der Waals surface area (Å²) in [6, 6.07) is 20.8. The second-order valence-electron chi connectivity index (χ2n) is 5.28. The van der Waals surface area contributed by atoms with Gasteiger partial charge in [0.2, 0.25) is 0 Å². The Kier molecular flexibility index (Phi) is 12.5. The second-order valence-corrected chi connectivity index (χ2v) is 11.0. The van der Waals surface area contributed by atoms with E-state index in [0.717, 1.165) is 8.64 Å². The van der Waals surface area contributed by atoms with Crippen molar-refractivity contribution in [3.05, 3.63) is 60.7 Å². The smallest absolute Gasteiger partial charge is 0.146 e. The van der Waals surface area contributed by atoms with E-state index in [-0.39, 0.29) is 0 Å². The van der Waals surface area contributed by atoms with Crippen molar-refractivity contribution in [2.24, 2.45) is 0 Å². The van der Waals surface area contributed by atoms with Gasteiger partial charge in [-0.1, -0.05) is 82.4 Å². The monoisotopic (exact) mass is 458 g/mol. The van der Waals surface area contributed by atoms with Crippen molar-refractivity contribution < 1.29 is 0 Å². The van der Waals surface area contributed by atoms with E-state index in [1.54, 1.807) is 21.6 Å². The minimum atomic E-state index is 0.837. The molecule has 2 aromatic rings. The molecule has 8 heteroatoms. The first kappa shape index (κ1) is 23.7. The summed E-state index contributed by atoms with van der Waals surface area (Å²) in [4.78, 5) is 6.37. The quantitative estimate of drug-likeness (QED) is 0.373. The molecule has 26 heavy (non-hydrogen) atoms. The van der Waals surface area contributed by atoms with E-state index in [4.69, 9.17) is 24.4 Å². The molecule has 0 saturated carbocycles. The van der Waals surface area contributed by atoms with Crippen LogP contribution in [0, 0.1) is 0 Å². The van der Waals surface area contributed by atoms with Crippen LogP contribution in [0.4, 0.5) is 0 Å². The Morgan fingerprint density at radius 2 is 0.923 bits per heavy atom. The fourth-order valence-corrected chi connectivity index (χ4v) is 5.62. The molecule has 0 radical (unpaired) electrons. The molecule has 0 bridgehead atoms. The van der Waals surface area contributed by atoms with Crippen molar-refractivity contribution >= 4 is 76.3 Å². The summed E-state index contributed by atoms with van der Waals surface area (Å²) < 4.78 is 1.67. The first-order valence-corrected chi connectivity index (χ1v) is 12.7. The van der Waals surface area contributed by atoms with E-state index in [1.807, 2.05) is 50.1 Å². The molecule has 0 heterocycles. The molecule has 0 aliphatic rings. The first-order chi connectivity index (χ1) is 12.4. The van der Waals surface area contributed by atoms with Crippen LogP contribution in [0.15, 0.2) is 70.5 Å². The molecular formula is C18H22N2S6. The summed E-state index contributed by atoms with van der Waals surface area (Å²) in [7, 11) is 14.3. The van der Waals surface area contributed by atoms with Crippen LogP contribution in [0.25, 0.3) is 0 Å². The van der Waals surface area contributed by atoms with Crippen LogP contribution < -0.4 is 0 Å². The van der Waals surface area contributed by atoms with E-state index in [2.05, 4.69) is 48.5 Å². The zero-order chi connectivity index (χ0) is 19.4. The van der Waals surface area contributed by atoms with Crippen LogP contribution in [0.2, 0.25) is 0 Å². The third kappa shape index (κ3) is 10.7. The Morgan fingerprint density at radius 1 is 0.615 bits per heavy atom. The summed E-state index contributed by atoms with van der Waals surface area (Å²) in [5.41, 5.74) is 0. The van der Waals surface area contributed by atoms with Gasteiger partial charge >= 0.3 is 0 Å². The van der Waals surface area contributed by atoms with Crippen molar-refractivity contribution in [1.82, 2.24) is 9.80 Å². The molecule has 2 rings (SSSR count). The molecule has 0 aromatic heterocycles. The van der Waals surface area contributed by atoms with Crippen LogP contribution in [0.3, 0.4) is 0 Å². The van der Waals surface area contributed by atoms with Gasteiger partial charge in [-0.05, 0) is 45.9 Å². The number of benzene rings is 2. The van der Waals surface area contributed by atoms with Gasteiger partial charge in [0.25, 0.3) is 0 Å². The van der Waals surface area contributed by atoms with Crippen LogP contribution >= 0.6 is 67.6 Å². The Labute approximate surface area is 183 Å². The molecule has 0 spiro atoms. The topological polar surface area (TPSA) is 6.48 Å². The van der Waals surface area contributed by atoms with Crippen molar-refractivity contribution in [2.75, 3.05) is 28.2 Å². The third-order valence-corrected chi connectivity index (χ3v) is 9.21. The van der Waals surface area contributed by atoms with Gasteiger partial charge in [-0.3, -0.25) is 0 Å². The molecule has 140 valence electrons. The molecule has 0 N–H and O–H groups in total. The predicted molar refractivity (Wildman–Crippen MR) is 132 cm³/mol. The highest BCUT2D eigenvalue weighted by atomic mass is 33.1. The van der Waals surface area contributed by atoms with E-state index < -0.39 is 0 Å². The Bertz CT molecular complexity index is 602. The van der Waals surface area contributed by atoms with Gasteiger partial charge in [-0.2, -0.15) is 0 Å². The third-order valence-electron chi connectivity index (χ3n) is 2.64. The highest BCUT2D eigenvalue weighted by Crippen LogP contribution is 2.36. The van der Waals surface area contributed by atoms with Gasteiger partial charge in [0.1, 0.15) is 8.64 Å². The average Bonchev–Trinajstić information content (AvgIpc) is 2.66. The fourth-order valence-electron chi connectivity index (χ4n) is 1.27. The first-order valence-electron chi connectivity index (χ1n) is 7.62. The molecule has 0 aliphatic heterocycles. The largest absolute Gasteiger partial charge is 0.363 e. The van der Waals surface area contributed by atoms with Crippen molar-refractivity contribution in [3.63, 3.8) is 0 Å². The molecule has 2 nitrogen and oxygen atoms in total. The van der Waals surface area contributed by atoms with Crippen molar-refractivity contribution in [3.8, 4) is 0 Å². The maximum absolute atomic E-state index is 5.07. The molecule has 0 fully saturated rings. The highest BCUT2D eigenvalue weighted by Gasteiger charge is 2.05. The zero-order valence-electron chi connectivity index (χ0n) is 15.1. The number of hydrogen-bond acceptors (Lipinski definition) is 6. The van der Waals surface area contributed by atoms with Crippen molar-refractivity contribution in [2.45, 2.75) is 9.79 Å². The Morgan fingerprint density at radius 3 is 1.19 bits per heavy atom. The molecule has 0 aliphatic carbocycles. The van der Waals surface area contributed by atoms with Gasteiger partial charge in [-0.15, -0.1) is 0 Å². The summed E-state index contributed by atoms with van der Waals surface area (Å²) in [5, 5.41) is 0. The number of nitrogens with zero attached hydrogens (tertiary/aromatic N) is 2. The molecule has 0 atom stereocenters. The molecule has 0 unspecified atom stereocenters. The normalized spacial score (nSPS) is 9.69. The van der Waals surface area contributed by atoms with Gasteiger partial charge in [0, 0.05) is 38.0 Å². The molecule has 0 saturated heterocycles. The highest BCUT2D eigenvalue weighted by molar-refractivity contribution is 8.89. The van der Waals surface area contributed by atoms with Gasteiger partial charge in [-0.25, -0.2) is 0 Å². The van der Waals surface area contributed by atoms with Crippen LogP contribution in [-0.4, -0.2) is 46.6 Å². The number of thiocarbonyl (C=S) groups is 2. The van der Waals surface area contributed by atoms with Crippen LogP contribution in [0.1, 0.15) is 0 Å². The molecule has 0 amide bonds. The van der Waals surface area contributed by atoms with Crippen LogP contribution in [-0.2, 0) is 0 Å². The van der Waals surface area contributed by atoms with Crippen LogP contribution in [0.5, 0.6) is 0 Å². The average molecular weight is 459 g/mol. The lowest BCUT2D eigenvalue weighted by Crippen LogP contribution is -2.18. The van der Waals surface area contributed by atoms with Gasteiger partial charge in [0.05, 0.1) is 0 Å². The zero-order valence-corrected chi connectivity index (χ0v) is 20.0. The minimum absolute atomic E-state index is 0.837. The Balaban J connectivity index is 0.000000265. The standard InChI is InChI=1S/C12H10S2.C6H12N2S4/c1-3-7-11(8-4-1)13-14-12-9-5-2-6-10-12;1-7(2)5(9)11-12-6(10)8(3)4/h1-10H;1-4H3. The SMILES string of the molecule is CN(C)C(=S)SSC(=S)N(C)C.c1ccc(SSc2ccccc2)cc1. The second kappa shape index (κ2) is 13.7. The predicted octanol–water partition coefficient (Wildman–Crippen LogP) is 6.55. The van der Waals surface area contributed by atoms with Gasteiger partial charge < -0.3 is 9.80 Å². The van der Waals surface area contributed by atoms with E-state index >= 15 is 0 Å². The lowest BCUT2D eigenvalue weighted by atomic mass is 10.4. The fraction of sp³-hybridized carbons (Fsp3) is 0.222. The lowest BCUT2D eigenvalue weighted by Gasteiger charge is -2.15. The summed E-state index contributed by atoms with van der Waals surface area (Å²) in [6.45, 7) is 0. The van der Waals surface area contributed by atoms with E-state index in [9.17, 15) is 0 Å². The van der Waals surface area contributed by atoms with E-state index in [0.29, 0.717) is 0 Å². The summed E-state index contributed by atoms with van der Waals surface area (Å²) >= 11 is 10.1. The Hall–Kier alpha value is -0.380. The maximum atomic E-state index is 5.07. The maximum Gasteiger partial charge on any atom is 0.146 e. The molecule has 2 aromatic carbocycles. The number of rotatable bonds is 3. The van der Waals surface area contributed by atoms with E-state index in [1.165, 1.54) is 31.4 Å². The number of hydrogen-bond donors (Lipinski definition) is 0. The lowest BCUT2D eigenvalue weighted by molar-refractivity contribution is 0.647. The molecular weight excluding hydrogens is 437 g/mol. The van der Waals surface area contributed by atoms with Gasteiger partial charge in [0.15, 0.2) is 0 Å².